The normalized spacial score (nSPS) is 10.9. The Morgan fingerprint density at radius 3 is 2.65 bits per heavy atom. The fraction of sp³-hybridized carbons (Fsp3) is 0.875. The van der Waals surface area contributed by atoms with E-state index >= 15 is 0 Å². The molecule has 0 unspecified atom stereocenters. The van der Waals surface area contributed by atoms with Gasteiger partial charge in [-0.3, -0.25) is 9.35 Å². The molecule has 0 saturated carbocycles. The quantitative estimate of drug-likeness (QED) is 0.206. The first-order valence-electron chi connectivity index (χ1n) is 5.01. The number of hydrogen-bond acceptors (Lipinski definition) is 5. The van der Waals surface area contributed by atoms with Gasteiger partial charge >= 0.3 is 0 Å². The maximum atomic E-state index is 11.2. The van der Waals surface area contributed by atoms with Gasteiger partial charge < -0.3 is 4.74 Å². The van der Waals surface area contributed by atoms with Crippen LogP contribution in [0.3, 0.4) is 0 Å². The number of hydrogen-bond donors (Lipinski definition) is 1. The van der Waals surface area contributed by atoms with Gasteiger partial charge in [-0.2, -0.15) is 8.42 Å². The van der Waals surface area contributed by atoms with Crippen LogP contribution in [0.5, 0.6) is 0 Å². The number of carbonyl (C=O) groups excluding carboxylic acids is 1. The monoisotopic (exact) mass is 265 g/mol. The summed E-state index contributed by atoms with van der Waals surface area (Å²) in [6.45, 7) is 0.682. The van der Waals surface area contributed by atoms with Gasteiger partial charge in [0.15, 0.2) is 0 Å². The molecular weight excluding hydrogens is 250 g/mol. The second kappa shape index (κ2) is 8.94. The van der Waals surface area contributed by atoms with Gasteiger partial charge in [0, 0.05) is 24.3 Å². The van der Waals surface area contributed by atoms with Crippen LogP contribution in [0, 0.1) is 0 Å². The molecule has 98 valence electrons. The van der Waals surface area contributed by atoms with Crippen LogP contribution in [0.25, 0.3) is 10.4 Å². The number of carbonyl (C=O) groups is 1. The minimum Gasteiger partial charge on any atom is -0.381 e. The maximum absolute atomic E-state index is 11.2. The van der Waals surface area contributed by atoms with Crippen LogP contribution in [0.1, 0.15) is 19.3 Å². The molecule has 0 amide bonds. The first-order chi connectivity index (χ1) is 7.95. The molecule has 0 aliphatic heterocycles. The van der Waals surface area contributed by atoms with Crippen molar-refractivity contribution in [3.63, 3.8) is 0 Å². The highest BCUT2D eigenvalue weighted by molar-refractivity contribution is 7.85. The average Bonchev–Trinajstić information content (AvgIpc) is 2.21. The zero-order valence-corrected chi connectivity index (χ0v) is 10.1. The van der Waals surface area contributed by atoms with Crippen LogP contribution < -0.4 is 0 Å². The summed E-state index contributed by atoms with van der Waals surface area (Å²) < 4.78 is 34.1. The highest BCUT2D eigenvalue weighted by atomic mass is 32.2. The fourth-order valence-electron chi connectivity index (χ4n) is 1.01. The summed E-state index contributed by atoms with van der Waals surface area (Å²) in [5.74, 6) is -0.534. The van der Waals surface area contributed by atoms with Crippen LogP contribution in [0.2, 0.25) is 0 Å². The largest absolute Gasteiger partial charge is 0.381 e. The molecule has 0 spiro atoms. The van der Waals surface area contributed by atoms with E-state index in [4.69, 9.17) is 14.8 Å². The Morgan fingerprint density at radius 2 is 2.06 bits per heavy atom. The summed E-state index contributed by atoms with van der Waals surface area (Å²) in [7, 11) is -3.99. The highest BCUT2D eigenvalue weighted by Gasteiger charge is 2.07. The van der Waals surface area contributed by atoms with E-state index in [0.29, 0.717) is 0 Å². The molecule has 0 aliphatic rings. The van der Waals surface area contributed by atoms with Crippen molar-refractivity contribution in [2.75, 3.05) is 25.5 Å². The molecule has 0 rings (SSSR count). The third-order valence-corrected chi connectivity index (χ3v) is 2.59. The number of ether oxygens (including phenoxy) is 1. The molecule has 1 N–H and O–H groups in total. The second-order valence-electron chi connectivity index (χ2n) is 3.25. The van der Waals surface area contributed by atoms with Crippen LogP contribution in [0.15, 0.2) is 5.11 Å². The summed E-state index contributed by atoms with van der Waals surface area (Å²) in [6.07, 6.45) is 0.387. The molecule has 0 bridgehead atoms. The van der Waals surface area contributed by atoms with E-state index in [9.17, 15) is 13.2 Å². The van der Waals surface area contributed by atoms with E-state index in [1.54, 1.807) is 0 Å². The zero-order chi connectivity index (χ0) is 13.1. The summed E-state index contributed by atoms with van der Waals surface area (Å²) in [6, 6.07) is 0. The van der Waals surface area contributed by atoms with Gasteiger partial charge in [-0.05, 0) is 12.0 Å². The predicted octanol–water partition coefficient (Wildman–Crippen LogP) is 0.941. The maximum Gasteiger partial charge on any atom is 0.264 e. The van der Waals surface area contributed by atoms with Crippen molar-refractivity contribution in [1.29, 1.82) is 0 Å². The minimum atomic E-state index is -3.99. The Kier molecular flexibility index (Phi) is 8.34. The summed E-state index contributed by atoms with van der Waals surface area (Å²) in [5, 5.41) is 3.24. The molecule has 9 heteroatoms. The molecule has 0 heterocycles. The van der Waals surface area contributed by atoms with Crippen molar-refractivity contribution < 1.29 is 22.5 Å². The summed E-state index contributed by atoms with van der Waals surface area (Å²) >= 11 is 0. The number of rotatable bonds is 10. The van der Waals surface area contributed by atoms with Gasteiger partial charge in [0.25, 0.3) is 10.1 Å². The Hall–Kier alpha value is -1.15. The molecule has 0 atom stereocenters. The smallest absolute Gasteiger partial charge is 0.264 e. The summed E-state index contributed by atoms with van der Waals surface area (Å²) in [5.41, 5.74) is 7.95. The molecule has 0 aromatic carbocycles. The Balaban J connectivity index is 3.44. The number of Topliss-reactive ketones (excluding diaryl/α,β-unsaturated/α-hetero) is 1. The van der Waals surface area contributed by atoms with Gasteiger partial charge in [0.05, 0.1) is 19.0 Å². The molecule has 8 nitrogen and oxygen atoms in total. The number of azide groups is 1. The number of nitrogens with zero attached hydrogens (tertiary/aromatic N) is 3. The molecular formula is C8H15N3O5S. The molecule has 0 radical (unpaired) electrons. The third-order valence-electron chi connectivity index (χ3n) is 1.78. The van der Waals surface area contributed by atoms with Gasteiger partial charge in [0.1, 0.15) is 5.78 Å². The zero-order valence-electron chi connectivity index (χ0n) is 9.28. The minimum absolute atomic E-state index is 0.0967. The lowest BCUT2D eigenvalue weighted by atomic mass is 10.2. The van der Waals surface area contributed by atoms with Crippen LogP contribution in [0.4, 0.5) is 0 Å². The molecule has 0 fully saturated rings. The third kappa shape index (κ3) is 12.8. The van der Waals surface area contributed by atoms with Crippen molar-refractivity contribution in [3.8, 4) is 0 Å². The Labute approximate surface area is 99.3 Å². The standard InChI is InChI=1S/C8H15N3O5S/c9-11-10-4-6-16-5-3-8(12)2-1-7-17(13,14)15/h1-7H2,(H,13,14,15). The average molecular weight is 265 g/mol. The fourth-order valence-corrected chi connectivity index (χ4v) is 1.52. The van der Waals surface area contributed by atoms with Crippen LogP contribution in [-0.4, -0.2) is 44.3 Å². The molecule has 0 aromatic heterocycles. The van der Waals surface area contributed by atoms with Crippen LogP contribution in [-0.2, 0) is 19.6 Å². The van der Waals surface area contributed by atoms with E-state index in [1.807, 2.05) is 0 Å². The van der Waals surface area contributed by atoms with Crippen LogP contribution >= 0.6 is 0 Å². The van der Waals surface area contributed by atoms with E-state index in [2.05, 4.69) is 10.0 Å². The van der Waals surface area contributed by atoms with E-state index in [-0.39, 0.29) is 44.8 Å². The topological polar surface area (TPSA) is 129 Å². The van der Waals surface area contributed by atoms with E-state index in [1.165, 1.54) is 0 Å². The van der Waals surface area contributed by atoms with Gasteiger partial charge in [-0.1, -0.05) is 5.11 Å². The van der Waals surface area contributed by atoms with Crippen molar-refractivity contribution in [1.82, 2.24) is 0 Å². The van der Waals surface area contributed by atoms with Crippen molar-refractivity contribution in [2.45, 2.75) is 19.3 Å². The Morgan fingerprint density at radius 1 is 1.35 bits per heavy atom. The van der Waals surface area contributed by atoms with Crippen molar-refractivity contribution in [3.05, 3.63) is 10.4 Å². The lowest BCUT2D eigenvalue weighted by molar-refractivity contribution is -0.120. The molecule has 0 aromatic rings. The predicted molar refractivity (Wildman–Crippen MR) is 60.1 cm³/mol. The van der Waals surface area contributed by atoms with Crippen molar-refractivity contribution in [2.24, 2.45) is 5.11 Å². The Bertz CT molecular complexity index is 375. The lowest BCUT2D eigenvalue weighted by Gasteiger charge is -2.01. The van der Waals surface area contributed by atoms with Gasteiger partial charge in [0.2, 0.25) is 0 Å². The molecule has 0 saturated heterocycles. The summed E-state index contributed by atoms with van der Waals surface area (Å²) in [4.78, 5) is 13.7. The van der Waals surface area contributed by atoms with Gasteiger partial charge in [-0.15, -0.1) is 0 Å². The molecule has 17 heavy (non-hydrogen) atoms. The first kappa shape index (κ1) is 15.9. The SMILES string of the molecule is [N-]=[N+]=NCCOCCC(=O)CCCS(=O)(=O)O. The van der Waals surface area contributed by atoms with Crippen molar-refractivity contribution >= 4 is 15.9 Å². The van der Waals surface area contributed by atoms with E-state index in [0.717, 1.165) is 0 Å². The second-order valence-corrected chi connectivity index (χ2v) is 4.82. The van der Waals surface area contributed by atoms with E-state index < -0.39 is 15.9 Å². The molecule has 0 aliphatic carbocycles. The number of ketones is 1. The highest BCUT2D eigenvalue weighted by Crippen LogP contribution is 1.98. The first-order valence-corrected chi connectivity index (χ1v) is 6.62. The van der Waals surface area contributed by atoms with Gasteiger partial charge in [-0.25, -0.2) is 0 Å². The lowest BCUT2D eigenvalue weighted by Crippen LogP contribution is -2.09.